The first-order valence-electron chi connectivity index (χ1n) is 7.09. The summed E-state index contributed by atoms with van der Waals surface area (Å²) in [5.74, 6) is -2.37. The number of halogens is 2. The monoisotopic (exact) mass is 354 g/mol. The molecule has 24 heavy (non-hydrogen) atoms. The van der Waals surface area contributed by atoms with Crippen molar-refractivity contribution in [3.8, 4) is 0 Å². The molecule has 0 saturated carbocycles. The first-order valence-corrected chi connectivity index (χ1v) is 8.57. The van der Waals surface area contributed by atoms with E-state index in [1.54, 1.807) is 12.1 Å². The fraction of sp³-hybridized carbons (Fsp3) is 0.188. The molecule has 2 aromatic rings. The Balaban J connectivity index is 1.93. The summed E-state index contributed by atoms with van der Waals surface area (Å²) in [6.07, 6.45) is 0.506. The Bertz CT molecular complexity index is 837. The second-order valence-corrected chi connectivity index (χ2v) is 6.92. The van der Waals surface area contributed by atoms with Gasteiger partial charge in [-0.3, -0.25) is 4.79 Å². The minimum absolute atomic E-state index is 0.122. The standard InChI is InChI=1S/C16H16F2N2O3S/c1-19-24(22,23)13-6-2-11(3-7-13)4-9-16(21)20-12-5-8-14(17)15(18)10-12/h2-3,5-8,10,19H,4,9H2,1H3,(H,20,21). The molecule has 0 atom stereocenters. The third-order valence-corrected chi connectivity index (χ3v) is 4.78. The van der Waals surface area contributed by atoms with E-state index in [1.807, 2.05) is 0 Å². The van der Waals surface area contributed by atoms with Crippen LogP contribution < -0.4 is 10.0 Å². The van der Waals surface area contributed by atoms with Crippen LogP contribution in [-0.4, -0.2) is 21.4 Å². The second kappa shape index (κ2) is 7.50. The summed E-state index contributed by atoms with van der Waals surface area (Å²) in [6.45, 7) is 0. The van der Waals surface area contributed by atoms with Gasteiger partial charge in [0.25, 0.3) is 0 Å². The third-order valence-electron chi connectivity index (χ3n) is 3.35. The highest BCUT2D eigenvalue weighted by atomic mass is 32.2. The molecular weight excluding hydrogens is 338 g/mol. The molecule has 2 N–H and O–H groups in total. The highest BCUT2D eigenvalue weighted by Gasteiger charge is 2.11. The van der Waals surface area contributed by atoms with E-state index in [9.17, 15) is 22.0 Å². The minimum atomic E-state index is -3.49. The van der Waals surface area contributed by atoms with Crippen LogP contribution in [-0.2, 0) is 21.2 Å². The fourth-order valence-corrected chi connectivity index (χ4v) is 2.74. The molecule has 0 aliphatic heterocycles. The van der Waals surface area contributed by atoms with Crippen molar-refractivity contribution in [2.75, 3.05) is 12.4 Å². The van der Waals surface area contributed by atoms with Gasteiger partial charge in [-0.05, 0) is 43.3 Å². The van der Waals surface area contributed by atoms with Gasteiger partial charge in [-0.2, -0.15) is 0 Å². The Kier molecular flexibility index (Phi) is 5.63. The van der Waals surface area contributed by atoms with Gasteiger partial charge in [0, 0.05) is 18.2 Å². The zero-order valence-electron chi connectivity index (χ0n) is 12.8. The van der Waals surface area contributed by atoms with Gasteiger partial charge in [-0.15, -0.1) is 0 Å². The van der Waals surface area contributed by atoms with Crippen LogP contribution in [0.1, 0.15) is 12.0 Å². The van der Waals surface area contributed by atoms with Crippen LogP contribution in [0.25, 0.3) is 0 Å². The van der Waals surface area contributed by atoms with Crippen molar-refractivity contribution in [1.82, 2.24) is 4.72 Å². The van der Waals surface area contributed by atoms with E-state index in [4.69, 9.17) is 0 Å². The number of amides is 1. The highest BCUT2D eigenvalue weighted by molar-refractivity contribution is 7.89. The zero-order chi connectivity index (χ0) is 17.7. The number of rotatable bonds is 6. The topological polar surface area (TPSA) is 75.3 Å². The summed E-state index contributed by atoms with van der Waals surface area (Å²) in [4.78, 5) is 12.0. The van der Waals surface area contributed by atoms with Crippen LogP contribution in [0, 0.1) is 11.6 Å². The number of hydrogen-bond donors (Lipinski definition) is 2. The molecule has 2 rings (SSSR count). The maximum Gasteiger partial charge on any atom is 0.240 e. The van der Waals surface area contributed by atoms with Gasteiger partial charge in [0.15, 0.2) is 11.6 Å². The van der Waals surface area contributed by atoms with Crippen LogP contribution in [0.2, 0.25) is 0 Å². The molecule has 0 bridgehead atoms. The lowest BCUT2D eigenvalue weighted by Gasteiger charge is -2.07. The average molecular weight is 354 g/mol. The molecule has 0 fully saturated rings. The normalized spacial score (nSPS) is 11.3. The van der Waals surface area contributed by atoms with Gasteiger partial charge in [0.2, 0.25) is 15.9 Å². The summed E-state index contributed by atoms with van der Waals surface area (Å²) in [5.41, 5.74) is 0.958. The lowest BCUT2D eigenvalue weighted by Crippen LogP contribution is -2.18. The summed E-state index contributed by atoms with van der Waals surface area (Å²) < 4.78 is 51.3. The third kappa shape index (κ3) is 4.59. The summed E-state index contributed by atoms with van der Waals surface area (Å²) in [5, 5.41) is 2.47. The molecule has 0 aliphatic rings. The summed E-state index contributed by atoms with van der Waals surface area (Å²) in [7, 11) is -2.16. The molecule has 0 aromatic heterocycles. The average Bonchev–Trinajstić information content (AvgIpc) is 2.57. The molecule has 8 heteroatoms. The molecule has 2 aromatic carbocycles. The number of hydrogen-bond acceptors (Lipinski definition) is 3. The Morgan fingerprint density at radius 1 is 1.04 bits per heavy atom. The first-order chi connectivity index (χ1) is 11.3. The Morgan fingerprint density at radius 2 is 1.71 bits per heavy atom. The number of sulfonamides is 1. The van der Waals surface area contributed by atoms with Crippen molar-refractivity contribution < 1.29 is 22.0 Å². The number of benzene rings is 2. The van der Waals surface area contributed by atoms with Crippen molar-refractivity contribution in [2.45, 2.75) is 17.7 Å². The van der Waals surface area contributed by atoms with Gasteiger partial charge in [-0.1, -0.05) is 12.1 Å². The van der Waals surface area contributed by atoms with Gasteiger partial charge in [-0.25, -0.2) is 21.9 Å². The maximum atomic E-state index is 13.1. The van der Waals surface area contributed by atoms with Gasteiger partial charge in [0.05, 0.1) is 4.90 Å². The van der Waals surface area contributed by atoms with Crippen LogP contribution in [0.5, 0.6) is 0 Å². The van der Waals surface area contributed by atoms with E-state index in [2.05, 4.69) is 10.0 Å². The van der Waals surface area contributed by atoms with Crippen LogP contribution >= 0.6 is 0 Å². The predicted molar refractivity (Wildman–Crippen MR) is 86.0 cm³/mol. The molecule has 1 amide bonds. The largest absolute Gasteiger partial charge is 0.326 e. The molecular formula is C16H16F2N2O3S. The molecule has 128 valence electrons. The number of carbonyl (C=O) groups is 1. The molecule has 0 saturated heterocycles. The molecule has 0 spiro atoms. The second-order valence-electron chi connectivity index (χ2n) is 5.03. The van der Waals surface area contributed by atoms with Gasteiger partial charge >= 0.3 is 0 Å². The SMILES string of the molecule is CNS(=O)(=O)c1ccc(CCC(=O)Nc2ccc(F)c(F)c2)cc1. The van der Waals surface area contributed by atoms with E-state index < -0.39 is 21.7 Å². The molecule has 0 radical (unpaired) electrons. The lowest BCUT2D eigenvalue weighted by atomic mass is 10.1. The van der Waals surface area contributed by atoms with Crippen molar-refractivity contribution in [3.05, 3.63) is 59.7 Å². The predicted octanol–water partition coefficient (Wildman–Crippen LogP) is 2.44. The maximum absolute atomic E-state index is 13.1. The minimum Gasteiger partial charge on any atom is -0.326 e. The highest BCUT2D eigenvalue weighted by Crippen LogP contribution is 2.15. The Morgan fingerprint density at radius 3 is 2.29 bits per heavy atom. The number of aryl methyl sites for hydroxylation is 1. The summed E-state index contributed by atoms with van der Waals surface area (Å²) >= 11 is 0. The fourth-order valence-electron chi connectivity index (χ4n) is 2.01. The van der Waals surface area contributed by atoms with Crippen molar-refractivity contribution in [1.29, 1.82) is 0 Å². The quantitative estimate of drug-likeness (QED) is 0.837. The number of carbonyl (C=O) groups excluding carboxylic acids is 1. The number of nitrogens with one attached hydrogen (secondary N) is 2. The van der Waals surface area contributed by atoms with Gasteiger partial charge < -0.3 is 5.32 Å². The molecule has 5 nitrogen and oxygen atoms in total. The van der Waals surface area contributed by atoms with Crippen molar-refractivity contribution in [2.24, 2.45) is 0 Å². The van der Waals surface area contributed by atoms with Crippen LogP contribution in [0.15, 0.2) is 47.4 Å². The van der Waals surface area contributed by atoms with E-state index in [1.165, 1.54) is 25.2 Å². The van der Waals surface area contributed by atoms with E-state index >= 15 is 0 Å². The molecule has 0 unspecified atom stereocenters. The molecule has 0 heterocycles. The van der Waals surface area contributed by atoms with E-state index in [-0.39, 0.29) is 22.9 Å². The van der Waals surface area contributed by atoms with Crippen molar-refractivity contribution in [3.63, 3.8) is 0 Å². The first kappa shape index (κ1) is 18.0. The zero-order valence-corrected chi connectivity index (χ0v) is 13.7. The smallest absolute Gasteiger partial charge is 0.240 e. The Labute approximate surface area is 138 Å². The van der Waals surface area contributed by atoms with Crippen LogP contribution in [0.4, 0.5) is 14.5 Å². The number of anilines is 1. The van der Waals surface area contributed by atoms with E-state index in [0.29, 0.717) is 6.42 Å². The van der Waals surface area contributed by atoms with Crippen LogP contribution in [0.3, 0.4) is 0 Å². The van der Waals surface area contributed by atoms with Crippen molar-refractivity contribution >= 4 is 21.6 Å². The van der Waals surface area contributed by atoms with Gasteiger partial charge in [0.1, 0.15) is 0 Å². The molecule has 0 aliphatic carbocycles. The van der Waals surface area contributed by atoms with E-state index in [0.717, 1.165) is 17.7 Å². The summed E-state index contributed by atoms with van der Waals surface area (Å²) in [6, 6.07) is 9.26. The lowest BCUT2D eigenvalue weighted by molar-refractivity contribution is -0.116. The Hall–Kier alpha value is -2.32.